The molecule has 7 heteroatoms. The van der Waals surface area contributed by atoms with Gasteiger partial charge < -0.3 is 9.64 Å². The summed E-state index contributed by atoms with van der Waals surface area (Å²) in [5.41, 5.74) is 1.89. The minimum Gasteiger partial charge on any atom is -0.496 e. The lowest BCUT2D eigenvalue weighted by atomic mass is 10.1. The molecule has 0 atom stereocenters. The maximum atomic E-state index is 12.5. The molecule has 0 aromatic heterocycles. The first-order valence-electron chi connectivity index (χ1n) is 6.93. The molecule has 0 aliphatic rings. The second-order valence-electron chi connectivity index (χ2n) is 5.14. The lowest BCUT2D eigenvalue weighted by Gasteiger charge is -2.17. The summed E-state index contributed by atoms with van der Waals surface area (Å²) < 4.78 is 33.3. The van der Waals surface area contributed by atoms with Crippen LogP contribution in [0, 0.1) is 0 Å². The first kappa shape index (κ1) is 17.8. The Kier molecular flexibility index (Phi) is 5.67. The number of halogens is 1. The van der Waals surface area contributed by atoms with E-state index in [9.17, 15) is 8.42 Å². The molecule has 0 spiro atoms. The van der Waals surface area contributed by atoms with Crippen LogP contribution in [0.2, 0.25) is 0 Å². The molecule has 0 aliphatic heterocycles. The van der Waals surface area contributed by atoms with Gasteiger partial charge in [-0.05, 0) is 45.8 Å². The van der Waals surface area contributed by atoms with Gasteiger partial charge in [0.25, 0.3) is 0 Å². The molecule has 2 rings (SSSR count). The topological polar surface area (TPSA) is 58.6 Å². The molecule has 0 heterocycles. The van der Waals surface area contributed by atoms with Gasteiger partial charge in [-0.15, -0.1) is 0 Å². The van der Waals surface area contributed by atoms with Crippen molar-refractivity contribution in [3.05, 3.63) is 52.5 Å². The molecule has 0 bridgehead atoms. The van der Waals surface area contributed by atoms with Gasteiger partial charge in [-0.2, -0.15) is 0 Å². The molecule has 0 fully saturated rings. The van der Waals surface area contributed by atoms with Crippen molar-refractivity contribution in [1.82, 2.24) is 4.72 Å². The Morgan fingerprint density at radius 3 is 2.48 bits per heavy atom. The van der Waals surface area contributed by atoms with Crippen LogP contribution < -0.4 is 14.4 Å². The van der Waals surface area contributed by atoms with Crippen LogP contribution in [-0.4, -0.2) is 29.6 Å². The quantitative estimate of drug-likeness (QED) is 0.812. The first-order valence-corrected chi connectivity index (χ1v) is 9.21. The highest BCUT2D eigenvalue weighted by Crippen LogP contribution is 2.27. The van der Waals surface area contributed by atoms with E-state index >= 15 is 0 Å². The molecule has 0 radical (unpaired) electrons. The molecular weight excluding hydrogens is 380 g/mol. The van der Waals surface area contributed by atoms with E-state index in [0.717, 1.165) is 11.3 Å². The van der Waals surface area contributed by atoms with Gasteiger partial charge in [-0.3, -0.25) is 0 Å². The van der Waals surface area contributed by atoms with Crippen molar-refractivity contribution >= 4 is 31.6 Å². The summed E-state index contributed by atoms with van der Waals surface area (Å²) in [6.45, 7) is 0.223. The van der Waals surface area contributed by atoms with E-state index in [1.54, 1.807) is 6.07 Å². The molecule has 0 saturated carbocycles. The van der Waals surface area contributed by atoms with Crippen molar-refractivity contribution < 1.29 is 13.2 Å². The van der Waals surface area contributed by atoms with Crippen molar-refractivity contribution in [3.8, 4) is 5.75 Å². The van der Waals surface area contributed by atoms with Gasteiger partial charge in [0.2, 0.25) is 10.0 Å². The van der Waals surface area contributed by atoms with E-state index in [2.05, 4.69) is 20.7 Å². The fourth-order valence-electron chi connectivity index (χ4n) is 2.17. The number of sulfonamides is 1. The molecule has 0 unspecified atom stereocenters. The molecule has 2 aromatic rings. The molecule has 1 N–H and O–H groups in total. The van der Waals surface area contributed by atoms with Gasteiger partial charge in [-0.25, -0.2) is 13.1 Å². The molecule has 5 nitrogen and oxygen atoms in total. The normalized spacial score (nSPS) is 11.3. The maximum absolute atomic E-state index is 12.5. The van der Waals surface area contributed by atoms with E-state index in [1.807, 2.05) is 43.3 Å². The van der Waals surface area contributed by atoms with Crippen molar-refractivity contribution in [2.24, 2.45) is 0 Å². The van der Waals surface area contributed by atoms with Gasteiger partial charge in [-0.1, -0.05) is 18.2 Å². The number of para-hydroxylation sites is 1. The third-order valence-electron chi connectivity index (χ3n) is 3.36. The van der Waals surface area contributed by atoms with E-state index in [-0.39, 0.29) is 11.4 Å². The van der Waals surface area contributed by atoms with E-state index in [4.69, 9.17) is 4.74 Å². The number of nitrogens with zero attached hydrogens (tertiary/aromatic N) is 1. The van der Waals surface area contributed by atoms with E-state index < -0.39 is 10.0 Å². The van der Waals surface area contributed by atoms with Crippen LogP contribution >= 0.6 is 15.9 Å². The highest BCUT2D eigenvalue weighted by molar-refractivity contribution is 9.10. The summed E-state index contributed by atoms with van der Waals surface area (Å²) in [7, 11) is 1.78. The van der Waals surface area contributed by atoms with Crippen LogP contribution in [-0.2, 0) is 16.6 Å². The standard InChI is InChI=1S/C16H19BrN2O3S/c1-19(2)15-7-5-4-6-12(15)11-18-23(20,21)13-8-9-16(22-3)14(17)10-13/h4-10,18H,11H2,1-3H3. The number of benzene rings is 2. The monoisotopic (exact) mass is 398 g/mol. The molecular formula is C16H19BrN2O3S. The van der Waals surface area contributed by atoms with Crippen molar-refractivity contribution in [1.29, 1.82) is 0 Å². The van der Waals surface area contributed by atoms with Crippen molar-refractivity contribution in [2.75, 3.05) is 26.1 Å². The van der Waals surface area contributed by atoms with Crippen LogP contribution in [0.1, 0.15) is 5.56 Å². The van der Waals surface area contributed by atoms with Gasteiger partial charge in [0.1, 0.15) is 5.75 Å². The van der Waals surface area contributed by atoms with Crippen LogP contribution in [0.4, 0.5) is 5.69 Å². The Balaban J connectivity index is 2.21. The predicted molar refractivity (Wildman–Crippen MR) is 95.5 cm³/mol. The van der Waals surface area contributed by atoms with Crippen LogP contribution in [0.25, 0.3) is 0 Å². The van der Waals surface area contributed by atoms with Gasteiger partial charge >= 0.3 is 0 Å². The zero-order valence-corrected chi connectivity index (χ0v) is 15.6. The molecule has 23 heavy (non-hydrogen) atoms. The summed E-state index contributed by atoms with van der Waals surface area (Å²) in [5.74, 6) is 0.585. The average Bonchev–Trinajstić information content (AvgIpc) is 2.53. The summed E-state index contributed by atoms with van der Waals surface area (Å²) in [6.07, 6.45) is 0. The molecule has 2 aromatic carbocycles. The SMILES string of the molecule is COc1ccc(S(=O)(=O)NCc2ccccc2N(C)C)cc1Br. The summed E-state index contributed by atoms with van der Waals surface area (Å²) in [5, 5.41) is 0. The fourth-order valence-corrected chi connectivity index (χ4v) is 3.89. The molecule has 0 amide bonds. The Labute approximate surface area is 145 Å². The summed E-state index contributed by atoms with van der Waals surface area (Å²) in [4.78, 5) is 2.14. The number of rotatable bonds is 6. The highest BCUT2D eigenvalue weighted by atomic mass is 79.9. The third kappa shape index (κ3) is 4.25. The van der Waals surface area contributed by atoms with E-state index in [0.29, 0.717) is 10.2 Å². The number of anilines is 1. The summed E-state index contributed by atoms with van der Waals surface area (Å²) >= 11 is 3.30. The minimum absolute atomic E-state index is 0.188. The largest absolute Gasteiger partial charge is 0.496 e. The second-order valence-corrected chi connectivity index (χ2v) is 7.77. The Bertz CT molecular complexity index is 792. The zero-order valence-electron chi connectivity index (χ0n) is 13.2. The van der Waals surface area contributed by atoms with Gasteiger partial charge in [0.05, 0.1) is 16.5 Å². The Hall–Kier alpha value is -1.57. The van der Waals surface area contributed by atoms with Crippen LogP contribution in [0.3, 0.4) is 0 Å². The first-order chi connectivity index (χ1) is 10.8. The predicted octanol–water partition coefficient (Wildman–Crippen LogP) is 3.00. The second kappa shape index (κ2) is 7.33. The van der Waals surface area contributed by atoms with Crippen LogP contribution in [0.5, 0.6) is 5.75 Å². The van der Waals surface area contributed by atoms with Gasteiger partial charge in [0.15, 0.2) is 0 Å². The minimum atomic E-state index is -3.60. The highest BCUT2D eigenvalue weighted by Gasteiger charge is 2.16. The zero-order chi connectivity index (χ0) is 17.0. The number of ether oxygens (including phenoxy) is 1. The number of hydrogen-bond donors (Lipinski definition) is 1. The lowest BCUT2D eigenvalue weighted by Crippen LogP contribution is -2.24. The Morgan fingerprint density at radius 1 is 1.17 bits per heavy atom. The molecule has 0 aliphatic carbocycles. The third-order valence-corrected chi connectivity index (χ3v) is 5.38. The van der Waals surface area contributed by atoms with Crippen molar-refractivity contribution in [2.45, 2.75) is 11.4 Å². The molecule has 0 saturated heterocycles. The molecule has 124 valence electrons. The maximum Gasteiger partial charge on any atom is 0.240 e. The fraction of sp³-hybridized carbons (Fsp3) is 0.250. The lowest BCUT2D eigenvalue weighted by molar-refractivity contribution is 0.411. The smallest absolute Gasteiger partial charge is 0.240 e. The van der Waals surface area contributed by atoms with Crippen LogP contribution in [0.15, 0.2) is 51.8 Å². The number of nitrogens with one attached hydrogen (secondary N) is 1. The van der Waals surface area contributed by atoms with Crippen molar-refractivity contribution in [3.63, 3.8) is 0 Å². The summed E-state index contributed by atoms with van der Waals surface area (Å²) in [6, 6.07) is 12.3. The van der Waals surface area contributed by atoms with E-state index in [1.165, 1.54) is 19.2 Å². The number of methoxy groups -OCH3 is 1. The average molecular weight is 399 g/mol. The Morgan fingerprint density at radius 2 is 1.87 bits per heavy atom. The van der Waals surface area contributed by atoms with Gasteiger partial charge in [0, 0.05) is 26.3 Å². The number of hydrogen-bond acceptors (Lipinski definition) is 4.